The molecule has 0 spiro atoms. The molecule has 1 aliphatic rings. The third-order valence-corrected chi connectivity index (χ3v) is 7.04. The summed E-state index contributed by atoms with van der Waals surface area (Å²) in [4.78, 5) is 26.0. The molecule has 0 unspecified atom stereocenters. The maximum atomic E-state index is 12.2. The van der Waals surface area contributed by atoms with Gasteiger partial charge in [0.05, 0.1) is 12.1 Å². The van der Waals surface area contributed by atoms with Gasteiger partial charge in [0.15, 0.2) is 0 Å². The highest BCUT2D eigenvalue weighted by Gasteiger charge is 2.13. The summed E-state index contributed by atoms with van der Waals surface area (Å²) < 4.78 is 6.02. The number of likely N-dealkylation sites (N-methyl/N-ethyl adjacent to an activating group) is 1. The lowest BCUT2D eigenvalue weighted by atomic mass is 10.1. The second kappa shape index (κ2) is 13.7. The number of aromatic nitrogens is 2. The second-order valence-corrected chi connectivity index (χ2v) is 10.1. The number of hydrogen-bond donors (Lipinski definition) is 3. The molecule has 0 aliphatic carbocycles. The van der Waals surface area contributed by atoms with Crippen molar-refractivity contribution in [2.75, 3.05) is 68.9 Å². The Morgan fingerprint density at radius 1 is 0.900 bits per heavy atom. The van der Waals surface area contributed by atoms with Gasteiger partial charge in [-0.25, -0.2) is 14.8 Å². The number of carbonyl (C=O) groups is 1. The molecule has 40 heavy (non-hydrogen) atoms. The van der Waals surface area contributed by atoms with Crippen molar-refractivity contribution in [1.82, 2.24) is 19.8 Å². The third kappa shape index (κ3) is 7.91. The summed E-state index contributed by atoms with van der Waals surface area (Å²) in [6, 6.07) is 23.0. The van der Waals surface area contributed by atoms with Crippen LogP contribution in [-0.4, -0.2) is 78.7 Å². The molecule has 3 aromatic carbocycles. The predicted octanol–water partition coefficient (Wildman–Crippen LogP) is 4.94. The molecule has 1 aromatic heterocycles. The molecule has 3 N–H and O–H groups in total. The Bertz CT molecular complexity index is 1370. The second-order valence-electron chi connectivity index (χ2n) is 10.1. The van der Waals surface area contributed by atoms with Crippen molar-refractivity contribution in [3.8, 4) is 5.75 Å². The summed E-state index contributed by atoms with van der Waals surface area (Å²) in [5, 5.41) is 10.1. The number of urea groups is 1. The van der Waals surface area contributed by atoms with Crippen molar-refractivity contribution in [2.24, 2.45) is 0 Å². The van der Waals surface area contributed by atoms with E-state index < -0.39 is 0 Å². The van der Waals surface area contributed by atoms with Crippen LogP contribution in [0.15, 0.2) is 79.1 Å². The molecule has 4 aromatic rings. The van der Waals surface area contributed by atoms with Crippen LogP contribution in [0.3, 0.4) is 0 Å². The topological polar surface area (TPSA) is 94.7 Å². The van der Waals surface area contributed by atoms with E-state index in [9.17, 15) is 4.79 Å². The van der Waals surface area contributed by atoms with Crippen molar-refractivity contribution in [3.05, 3.63) is 84.7 Å². The van der Waals surface area contributed by atoms with E-state index in [-0.39, 0.29) is 6.03 Å². The monoisotopic (exact) mass is 539 g/mol. The van der Waals surface area contributed by atoms with E-state index in [4.69, 9.17) is 4.74 Å². The van der Waals surface area contributed by atoms with Gasteiger partial charge in [0.25, 0.3) is 0 Å². The molecule has 2 heterocycles. The van der Waals surface area contributed by atoms with Crippen LogP contribution >= 0.6 is 0 Å². The molecule has 208 valence electrons. The van der Waals surface area contributed by atoms with E-state index in [1.165, 1.54) is 0 Å². The molecular weight excluding hydrogens is 502 g/mol. The average molecular weight is 540 g/mol. The number of rotatable bonds is 11. The van der Waals surface area contributed by atoms with Gasteiger partial charge in [-0.1, -0.05) is 30.3 Å². The Morgan fingerprint density at radius 2 is 1.65 bits per heavy atom. The minimum Gasteiger partial charge on any atom is -0.493 e. The smallest absolute Gasteiger partial charge is 0.323 e. The molecule has 9 nitrogen and oxygen atoms in total. The van der Waals surface area contributed by atoms with Crippen molar-refractivity contribution < 1.29 is 9.53 Å². The van der Waals surface area contributed by atoms with Crippen molar-refractivity contribution in [1.29, 1.82) is 0 Å². The Hall–Kier alpha value is -4.21. The van der Waals surface area contributed by atoms with Gasteiger partial charge in [-0.15, -0.1) is 0 Å². The average Bonchev–Trinajstić information content (AvgIpc) is 2.97. The molecule has 1 aliphatic heterocycles. The quantitative estimate of drug-likeness (QED) is 0.232. The summed E-state index contributed by atoms with van der Waals surface area (Å²) in [5.74, 6) is 1.64. The molecular formula is C31H37N7O2. The number of nitrogens with zero attached hydrogens (tertiary/aromatic N) is 4. The number of benzene rings is 3. The lowest BCUT2D eigenvalue weighted by Gasteiger charge is -2.32. The van der Waals surface area contributed by atoms with Crippen molar-refractivity contribution >= 4 is 34.1 Å². The largest absolute Gasteiger partial charge is 0.493 e. The molecule has 0 atom stereocenters. The third-order valence-electron chi connectivity index (χ3n) is 7.04. The van der Waals surface area contributed by atoms with Crippen LogP contribution in [-0.2, 0) is 6.42 Å². The fraction of sp³-hybridized carbons (Fsp3) is 0.323. The molecule has 1 saturated heterocycles. The highest BCUT2D eigenvalue weighted by atomic mass is 16.5. The highest BCUT2D eigenvalue weighted by molar-refractivity contribution is 5.99. The van der Waals surface area contributed by atoms with E-state index in [0.29, 0.717) is 6.61 Å². The Kier molecular flexibility index (Phi) is 9.39. The summed E-state index contributed by atoms with van der Waals surface area (Å²) in [5.41, 5.74) is 3.51. The maximum absolute atomic E-state index is 12.2. The lowest BCUT2D eigenvalue weighted by molar-refractivity contribution is 0.145. The fourth-order valence-electron chi connectivity index (χ4n) is 4.71. The highest BCUT2D eigenvalue weighted by Crippen LogP contribution is 2.24. The van der Waals surface area contributed by atoms with E-state index in [2.05, 4.69) is 42.8 Å². The van der Waals surface area contributed by atoms with E-state index in [0.717, 1.165) is 91.5 Å². The van der Waals surface area contributed by atoms with Crippen molar-refractivity contribution in [2.45, 2.75) is 12.8 Å². The van der Waals surface area contributed by atoms with E-state index >= 15 is 0 Å². The van der Waals surface area contributed by atoms with Gasteiger partial charge in [0.2, 0.25) is 0 Å². The van der Waals surface area contributed by atoms with Gasteiger partial charge >= 0.3 is 6.03 Å². The van der Waals surface area contributed by atoms with Gasteiger partial charge in [-0.05, 0) is 61.9 Å². The Balaban J connectivity index is 1.06. The fourth-order valence-corrected chi connectivity index (χ4v) is 4.71. The summed E-state index contributed by atoms with van der Waals surface area (Å²) >= 11 is 0. The van der Waals surface area contributed by atoms with Crippen LogP contribution < -0.4 is 20.7 Å². The number of fused-ring (bicyclic) bond motifs is 1. The van der Waals surface area contributed by atoms with Crippen LogP contribution in [0.2, 0.25) is 0 Å². The summed E-state index contributed by atoms with van der Waals surface area (Å²) in [7, 11) is 2.18. The first-order chi connectivity index (χ1) is 19.6. The summed E-state index contributed by atoms with van der Waals surface area (Å²) in [6.45, 7) is 7.03. The number of ether oxygens (including phenoxy) is 1. The first-order valence-electron chi connectivity index (χ1n) is 13.9. The molecule has 1 fully saturated rings. The number of nitrogens with one attached hydrogen (secondary N) is 3. The van der Waals surface area contributed by atoms with Crippen LogP contribution in [0.5, 0.6) is 5.75 Å². The SMILES string of the molecule is CN1CCN(CCCOc2ccc3c(NCCc4ccc(NC(=O)Nc5ccccc5)cc4)ncnc3c2)CC1. The minimum absolute atomic E-state index is 0.268. The standard InChI is InChI=1S/C31H37N7O2/c1-37-17-19-38(20-18-37)16-5-21-40-27-12-13-28-29(22-27)33-23-34-30(28)32-15-14-24-8-10-26(11-9-24)36-31(39)35-25-6-3-2-4-7-25/h2-4,6-13,22-23H,5,14-21H2,1H3,(H,32,33,34)(H2,35,36,39). The maximum Gasteiger partial charge on any atom is 0.323 e. The van der Waals surface area contributed by atoms with Gasteiger partial charge in [-0.3, -0.25) is 0 Å². The number of amides is 2. The number of para-hydroxylation sites is 1. The molecule has 0 saturated carbocycles. The molecule has 9 heteroatoms. The van der Waals surface area contributed by atoms with Gasteiger partial charge in [-0.2, -0.15) is 0 Å². The first kappa shape index (κ1) is 27.4. The number of carbonyl (C=O) groups excluding carboxylic acids is 1. The number of piperazine rings is 1. The van der Waals surface area contributed by atoms with Crippen LogP contribution in [0.1, 0.15) is 12.0 Å². The molecule has 0 bridgehead atoms. The zero-order chi connectivity index (χ0) is 27.6. The van der Waals surface area contributed by atoms with Crippen LogP contribution in [0, 0.1) is 0 Å². The van der Waals surface area contributed by atoms with Gasteiger partial charge < -0.3 is 30.5 Å². The molecule has 2 amide bonds. The lowest BCUT2D eigenvalue weighted by Crippen LogP contribution is -2.44. The zero-order valence-corrected chi connectivity index (χ0v) is 23.0. The zero-order valence-electron chi connectivity index (χ0n) is 23.0. The normalized spacial score (nSPS) is 14.1. The minimum atomic E-state index is -0.268. The van der Waals surface area contributed by atoms with Crippen LogP contribution in [0.25, 0.3) is 10.9 Å². The predicted molar refractivity (Wildman–Crippen MR) is 161 cm³/mol. The van der Waals surface area contributed by atoms with Gasteiger partial charge in [0.1, 0.15) is 17.9 Å². The van der Waals surface area contributed by atoms with E-state index in [1.54, 1.807) is 6.33 Å². The van der Waals surface area contributed by atoms with E-state index in [1.807, 2.05) is 72.8 Å². The summed E-state index contributed by atoms with van der Waals surface area (Å²) in [6.07, 6.45) is 3.41. The number of hydrogen-bond acceptors (Lipinski definition) is 7. The van der Waals surface area contributed by atoms with Gasteiger partial charge in [0, 0.05) is 62.1 Å². The first-order valence-corrected chi connectivity index (χ1v) is 13.9. The van der Waals surface area contributed by atoms with Crippen molar-refractivity contribution in [3.63, 3.8) is 0 Å². The Morgan fingerprint density at radius 3 is 2.42 bits per heavy atom. The number of anilines is 3. The molecule has 0 radical (unpaired) electrons. The van der Waals surface area contributed by atoms with Crippen LogP contribution in [0.4, 0.5) is 22.0 Å². The Labute approximate surface area is 235 Å². The molecule has 5 rings (SSSR count).